The molecule has 0 aliphatic carbocycles. The second kappa shape index (κ2) is 8.49. The van der Waals surface area contributed by atoms with Crippen LogP contribution < -0.4 is 34.6 Å². The van der Waals surface area contributed by atoms with Gasteiger partial charge in [0.15, 0.2) is 17.6 Å². The van der Waals surface area contributed by atoms with Crippen molar-refractivity contribution in [1.29, 1.82) is 0 Å². The van der Waals surface area contributed by atoms with Crippen molar-refractivity contribution in [2.45, 2.75) is 18.9 Å². The predicted octanol–water partition coefficient (Wildman–Crippen LogP) is 3.88. The molecule has 2 aliphatic rings. The van der Waals surface area contributed by atoms with Gasteiger partial charge in [0, 0.05) is 22.3 Å². The number of fused-ring (bicyclic) bond motifs is 2. The number of hydrogen-bond acceptors (Lipinski definition) is 8. The van der Waals surface area contributed by atoms with E-state index in [1.165, 1.54) is 14.2 Å². The third-order valence-corrected chi connectivity index (χ3v) is 5.91. The first-order valence-corrected chi connectivity index (χ1v) is 10.7. The maximum absolute atomic E-state index is 13.4. The van der Waals surface area contributed by atoms with Gasteiger partial charge < -0.3 is 33.4 Å². The van der Waals surface area contributed by atoms with Crippen LogP contribution in [0.3, 0.4) is 0 Å². The van der Waals surface area contributed by atoms with Crippen LogP contribution in [0.2, 0.25) is 5.02 Å². The van der Waals surface area contributed by atoms with Gasteiger partial charge in [0.25, 0.3) is 5.91 Å². The Kier molecular flexibility index (Phi) is 5.49. The van der Waals surface area contributed by atoms with E-state index >= 15 is 0 Å². The minimum atomic E-state index is -1.12. The molecule has 9 nitrogen and oxygen atoms in total. The predicted molar refractivity (Wildman–Crippen MR) is 122 cm³/mol. The molecule has 0 saturated heterocycles. The van der Waals surface area contributed by atoms with Crippen LogP contribution in [0.25, 0.3) is 0 Å². The summed E-state index contributed by atoms with van der Waals surface area (Å²) in [7, 11) is 2.94. The topological polar surface area (TPSA) is 105 Å². The number of hydrogen-bond donors (Lipinski definition) is 1. The van der Waals surface area contributed by atoms with E-state index in [0.717, 1.165) is 0 Å². The van der Waals surface area contributed by atoms with Crippen molar-refractivity contribution >= 4 is 23.2 Å². The summed E-state index contributed by atoms with van der Waals surface area (Å²) in [5.41, 5.74) is 0.558. The summed E-state index contributed by atoms with van der Waals surface area (Å²) in [5.74, 6) is 0.630. The van der Waals surface area contributed by atoms with Crippen LogP contribution in [-0.4, -0.2) is 33.0 Å². The molecule has 3 heterocycles. The number of halogens is 1. The summed E-state index contributed by atoms with van der Waals surface area (Å²) in [5, 5.41) is 3.35. The molecule has 0 bridgehead atoms. The highest BCUT2D eigenvalue weighted by atomic mass is 35.5. The van der Waals surface area contributed by atoms with Gasteiger partial charge in [-0.15, -0.1) is 0 Å². The molecular formula is C24H20ClNO8. The van der Waals surface area contributed by atoms with Crippen LogP contribution in [0.5, 0.6) is 28.7 Å². The van der Waals surface area contributed by atoms with Crippen LogP contribution in [0.15, 0.2) is 45.6 Å². The standard InChI is InChI=1S/C24H20ClNO8/c1-11-8-15-18(24(28)33-11)17(21(34-15)23(27)26-13-6-4-12(25)5-7-13)14-9-16(29-2)20-22(19(14)30-3)32-10-31-20/h4-9,17,21H,10H2,1-3H3,(H,26,27)/t17-,21+/m0/s1. The molecule has 2 aliphatic heterocycles. The molecule has 0 unspecified atom stereocenters. The molecule has 10 heteroatoms. The van der Waals surface area contributed by atoms with Crippen molar-refractivity contribution in [2.75, 3.05) is 26.3 Å². The summed E-state index contributed by atoms with van der Waals surface area (Å²) in [6, 6.07) is 9.87. The molecule has 2 atom stereocenters. The van der Waals surface area contributed by atoms with Gasteiger partial charge in [0.2, 0.25) is 18.3 Å². The molecule has 0 fully saturated rings. The molecule has 2 aromatic carbocycles. The summed E-state index contributed by atoms with van der Waals surface area (Å²) in [4.78, 5) is 26.4. The molecule has 34 heavy (non-hydrogen) atoms. The van der Waals surface area contributed by atoms with Crippen LogP contribution in [0, 0.1) is 6.92 Å². The number of carbonyl (C=O) groups excluding carboxylic acids is 1. The number of methoxy groups -OCH3 is 2. The maximum Gasteiger partial charge on any atom is 0.343 e. The second-order valence-corrected chi connectivity index (χ2v) is 8.14. The summed E-state index contributed by atoms with van der Waals surface area (Å²) < 4.78 is 33.6. The normalized spacial score (nSPS) is 17.6. The van der Waals surface area contributed by atoms with Gasteiger partial charge in [0.1, 0.15) is 11.5 Å². The Labute approximate surface area is 199 Å². The van der Waals surface area contributed by atoms with Gasteiger partial charge in [-0.1, -0.05) is 11.6 Å². The van der Waals surface area contributed by atoms with Gasteiger partial charge in [-0.2, -0.15) is 0 Å². The van der Waals surface area contributed by atoms with E-state index in [1.54, 1.807) is 43.3 Å². The van der Waals surface area contributed by atoms with Crippen molar-refractivity contribution in [3.8, 4) is 28.7 Å². The Morgan fingerprint density at radius 3 is 2.53 bits per heavy atom. The fraction of sp³-hybridized carbons (Fsp3) is 0.250. The molecule has 3 aromatic rings. The van der Waals surface area contributed by atoms with Crippen molar-refractivity contribution in [3.05, 3.63) is 68.7 Å². The van der Waals surface area contributed by atoms with Gasteiger partial charge in [0.05, 0.1) is 25.7 Å². The lowest BCUT2D eigenvalue weighted by atomic mass is 9.87. The number of anilines is 1. The number of rotatable bonds is 5. The van der Waals surface area contributed by atoms with Crippen molar-refractivity contribution in [2.24, 2.45) is 0 Å². The molecule has 5 rings (SSSR count). The summed E-state index contributed by atoms with van der Waals surface area (Å²) in [6.07, 6.45) is -1.12. The Balaban J connectivity index is 1.65. The largest absolute Gasteiger partial charge is 0.493 e. The zero-order valence-corrected chi connectivity index (χ0v) is 19.2. The fourth-order valence-electron chi connectivity index (χ4n) is 4.22. The molecule has 0 spiro atoms. The third kappa shape index (κ3) is 3.58. The van der Waals surface area contributed by atoms with Crippen LogP contribution in [0.1, 0.15) is 22.8 Å². The van der Waals surface area contributed by atoms with Gasteiger partial charge in [-0.3, -0.25) is 4.79 Å². The summed E-state index contributed by atoms with van der Waals surface area (Å²) >= 11 is 5.95. The van der Waals surface area contributed by atoms with Gasteiger partial charge in [-0.25, -0.2) is 4.79 Å². The molecular weight excluding hydrogens is 466 g/mol. The highest BCUT2D eigenvalue weighted by Gasteiger charge is 2.46. The second-order valence-electron chi connectivity index (χ2n) is 7.70. The Hall–Kier alpha value is -3.85. The molecule has 0 saturated carbocycles. The van der Waals surface area contributed by atoms with E-state index in [-0.39, 0.29) is 18.1 Å². The van der Waals surface area contributed by atoms with Crippen LogP contribution in [-0.2, 0) is 4.79 Å². The number of nitrogens with one attached hydrogen (secondary N) is 1. The van der Waals surface area contributed by atoms with Crippen molar-refractivity contribution in [3.63, 3.8) is 0 Å². The maximum atomic E-state index is 13.4. The minimum Gasteiger partial charge on any atom is -0.493 e. The van der Waals surface area contributed by atoms with E-state index in [4.69, 9.17) is 39.7 Å². The average molecular weight is 486 g/mol. The smallest absolute Gasteiger partial charge is 0.343 e. The molecule has 0 radical (unpaired) electrons. The van der Waals surface area contributed by atoms with E-state index < -0.39 is 23.6 Å². The molecule has 1 N–H and O–H groups in total. The number of aryl methyl sites for hydroxylation is 1. The number of amides is 1. The van der Waals surface area contributed by atoms with Crippen molar-refractivity contribution < 1.29 is 32.9 Å². The van der Waals surface area contributed by atoms with Crippen LogP contribution in [0.4, 0.5) is 5.69 Å². The quantitative estimate of drug-likeness (QED) is 0.580. The minimum absolute atomic E-state index is 0.0227. The van der Waals surface area contributed by atoms with E-state index in [2.05, 4.69) is 5.32 Å². The number of ether oxygens (including phenoxy) is 5. The third-order valence-electron chi connectivity index (χ3n) is 5.66. The highest BCUT2D eigenvalue weighted by Crippen LogP contribution is 2.54. The Bertz CT molecular complexity index is 1330. The zero-order valence-electron chi connectivity index (χ0n) is 18.5. The van der Waals surface area contributed by atoms with Crippen molar-refractivity contribution in [1.82, 2.24) is 0 Å². The average Bonchev–Trinajstić information content (AvgIpc) is 3.44. The lowest BCUT2D eigenvalue weighted by Gasteiger charge is -2.22. The van der Waals surface area contributed by atoms with E-state index in [1.807, 2.05) is 0 Å². The lowest BCUT2D eigenvalue weighted by molar-refractivity contribution is -0.122. The van der Waals surface area contributed by atoms with Crippen LogP contribution >= 0.6 is 11.6 Å². The van der Waals surface area contributed by atoms with E-state index in [9.17, 15) is 9.59 Å². The van der Waals surface area contributed by atoms with Gasteiger partial charge in [-0.05, 0) is 37.3 Å². The molecule has 1 amide bonds. The summed E-state index contributed by atoms with van der Waals surface area (Å²) in [6.45, 7) is 1.61. The number of carbonyl (C=O) groups is 1. The first-order chi connectivity index (χ1) is 16.4. The molecule has 176 valence electrons. The van der Waals surface area contributed by atoms with Gasteiger partial charge >= 0.3 is 5.63 Å². The fourth-order valence-corrected chi connectivity index (χ4v) is 4.35. The lowest BCUT2D eigenvalue weighted by Crippen LogP contribution is -2.35. The SMILES string of the molecule is COc1cc([C@H]2c3c(cc(C)oc3=O)O[C@H]2C(=O)Nc2ccc(Cl)cc2)c(OC)c2c1OCO2. The molecule has 1 aromatic heterocycles. The Morgan fingerprint density at radius 1 is 1.09 bits per heavy atom. The highest BCUT2D eigenvalue weighted by molar-refractivity contribution is 6.30. The Morgan fingerprint density at radius 2 is 1.82 bits per heavy atom. The first-order valence-electron chi connectivity index (χ1n) is 10.3. The van der Waals surface area contributed by atoms with E-state index in [0.29, 0.717) is 45.0 Å². The first kappa shape index (κ1) is 22.0. The zero-order chi connectivity index (χ0) is 24.0. The number of benzene rings is 2. The monoisotopic (exact) mass is 485 g/mol.